The van der Waals surface area contributed by atoms with E-state index in [1.54, 1.807) is 18.3 Å². The third-order valence-corrected chi connectivity index (χ3v) is 2.09. The van der Waals surface area contributed by atoms with Crippen molar-refractivity contribution in [2.75, 3.05) is 6.61 Å². The Hall–Kier alpha value is -2.37. The van der Waals surface area contributed by atoms with Gasteiger partial charge in [0.2, 0.25) is 0 Å². The molecule has 18 heavy (non-hydrogen) atoms. The zero-order valence-corrected chi connectivity index (χ0v) is 9.70. The van der Waals surface area contributed by atoms with Crippen molar-refractivity contribution in [2.45, 2.75) is 12.5 Å². The summed E-state index contributed by atoms with van der Waals surface area (Å²) < 4.78 is 4.74. The lowest BCUT2D eigenvalue weighted by Gasteiger charge is -2.16. The smallest absolute Gasteiger partial charge is 0.407 e. The number of alkyl carbamates (subject to hydrolysis) is 1. The summed E-state index contributed by atoms with van der Waals surface area (Å²) in [7, 11) is 0. The summed E-state index contributed by atoms with van der Waals surface area (Å²) in [5, 5.41) is 11.3. The second-order valence-corrected chi connectivity index (χ2v) is 3.47. The highest BCUT2D eigenvalue weighted by Gasteiger charge is 2.18. The van der Waals surface area contributed by atoms with Crippen LogP contribution in [0.4, 0.5) is 4.79 Å². The Morgan fingerprint density at radius 2 is 2.39 bits per heavy atom. The van der Waals surface area contributed by atoms with Crippen molar-refractivity contribution in [1.29, 1.82) is 0 Å². The molecule has 1 heterocycles. The van der Waals surface area contributed by atoms with Crippen LogP contribution in [0.15, 0.2) is 37.2 Å². The van der Waals surface area contributed by atoms with Crippen LogP contribution >= 0.6 is 0 Å². The Kier molecular flexibility index (Phi) is 5.37. The molecule has 1 atom stereocenters. The summed E-state index contributed by atoms with van der Waals surface area (Å²) in [4.78, 5) is 26.0. The molecule has 0 radical (unpaired) electrons. The molecule has 0 saturated carbocycles. The number of carboxylic acid groups (broad SMARTS) is 1. The first-order chi connectivity index (χ1) is 8.63. The van der Waals surface area contributed by atoms with Crippen molar-refractivity contribution >= 4 is 12.1 Å². The number of amides is 1. The first-order valence-electron chi connectivity index (χ1n) is 5.29. The topological polar surface area (TPSA) is 88.5 Å². The molecular weight excluding hydrogens is 236 g/mol. The fourth-order valence-electron chi connectivity index (χ4n) is 1.33. The number of hydrogen-bond donors (Lipinski definition) is 2. The molecule has 96 valence electrons. The predicted octanol–water partition coefficient (Wildman–Crippen LogP) is 1.51. The molecule has 0 fully saturated rings. The van der Waals surface area contributed by atoms with E-state index in [2.05, 4.69) is 16.9 Å². The van der Waals surface area contributed by atoms with E-state index in [-0.39, 0.29) is 13.0 Å². The maximum atomic E-state index is 11.4. The van der Waals surface area contributed by atoms with Gasteiger partial charge in [-0.3, -0.25) is 9.78 Å². The van der Waals surface area contributed by atoms with Crippen LogP contribution in [0.5, 0.6) is 0 Å². The molecule has 1 aromatic rings. The normalized spacial score (nSPS) is 11.3. The molecule has 1 aromatic heterocycles. The first kappa shape index (κ1) is 13.7. The van der Waals surface area contributed by atoms with Crippen LogP contribution in [0.2, 0.25) is 0 Å². The van der Waals surface area contributed by atoms with Crippen LogP contribution in [-0.4, -0.2) is 28.8 Å². The molecule has 0 aliphatic rings. The Morgan fingerprint density at radius 1 is 1.61 bits per heavy atom. The highest BCUT2D eigenvalue weighted by atomic mass is 16.5. The van der Waals surface area contributed by atoms with Gasteiger partial charge in [0.1, 0.15) is 6.61 Å². The van der Waals surface area contributed by atoms with Gasteiger partial charge < -0.3 is 15.2 Å². The maximum absolute atomic E-state index is 11.4. The van der Waals surface area contributed by atoms with Gasteiger partial charge in [0.15, 0.2) is 0 Å². The molecule has 2 N–H and O–H groups in total. The minimum absolute atomic E-state index is 0.0681. The Labute approximate surface area is 104 Å². The number of hydrogen-bond acceptors (Lipinski definition) is 4. The molecule has 0 aliphatic heterocycles. The number of rotatable bonds is 6. The number of nitrogens with one attached hydrogen (secondary N) is 1. The van der Waals surface area contributed by atoms with Crippen LogP contribution in [0, 0.1) is 0 Å². The van der Waals surface area contributed by atoms with Crippen LogP contribution in [0.1, 0.15) is 18.0 Å². The minimum Gasteiger partial charge on any atom is -0.481 e. The average Bonchev–Trinajstić information content (AvgIpc) is 2.36. The molecule has 1 unspecified atom stereocenters. The van der Waals surface area contributed by atoms with E-state index in [0.29, 0.717) is 5.56 Å². The Balaban J connectivity index is 2.70. The van der Waals surface area contributed by atoms with Gasteiger partial charge >= 0.3 is 12.1 Å². The monoisotopic (exact) mass is 250 g/mol. The fourth-order valence-corrected chi connectivity index (χ4v) is 1.33. The minimum atomic E-state index is -1.02. The van der Waals surface area contributed by atoms with Gasteiger partial charge in [0.05, 0.1) is 12.5 Å². The molecule has 0 aliphatic carbocycles. The second-order valence-electron chi connectivity index (χ2n) is 3.47. The van der Waals surface area contributed by atoms with Gasteiger partial charge in [-0.2, -0.15) is 0 Å². The van der Waals surface area contributed by atoms with Gasteiger partial charge in [-0.15, -0.1) is 0 Å². The van der Waals surface area contributed by atoms with Crippen molar-refractivity contribution in [1.82, 2.24) is 10.3 Å². The zero-order valence-electron chi connectivity index (χ0n) is 9.70. The average molecular weight is 250 g/mol. The van der Waals surface area contributed by atoms with Gasteiger partial charge in [0.25, 0.3) is 0 Å². The van der Waals surface area contributed by atoms with Crippen LogP contribution < -0.4 is 5.32 Å². The lowest BCUT2D eigenvalue weighted by Crippen LogP contribution is -2.30. The SMILES string of the molecule is C=CCOC(=O)NC(CC(=O)O)c1cccnc1. The summed E-state index contributed by atoms with van der Waals surface area (Å²) in [6.45, 7) is 3.48. The zero-order chi connectivity index (χ0) is 13.4. The van der Waals surface area contributed by atoms with E-state index in [4.69, 9.17) is 9.84 Å². The molecule has 6 nitrogen and oxygen atoms in total. The highest BCUT2D eigenvalue weighted by molar-refractivity contribution is 5.71. The second kappa shape index (κ2) is 7.05. The number of aromatic nitrogens is 1. The summed E-state index contributed by atoms with van der Waals surface area (Å²) in [6.07, 6.45) is 3.56. The van der Waals surface area contributed by atoms with E-state index >= 15 is 0 Å². The lowest BCUT2D eigenvalue weighted by atomic mass is 10.1. The van der Waals surface area contributed by atoms with Crippen molar-refractivity contribution in [3.8, 4) is 0 Å². The predicted molar refractivity (Wildman–Crippen MR) is 63.9 cm³/mol. The third-order valence-electron chi connectivity index (χ3n) is 2.09. The quantitative estimate of drug-likeness (QED) is 0.747. The van der Waals surface area contributed by atoms with E-state index < -0.39 is 18.1 Å². The number of nitrogens with zero attached hydrogens (tertiary/aromatic N) is 1. The standard InChI is InChI=1S/C12H14N2O4/c1-2-6-18-12(17)14-10(7-11(15)16)9-4-3-5-13-8-9/h2-5,8,10H,1,6-7H2,(H,14,17)(H,15,16). The van der Waals surface area contributed by atoms with Crippen molar-refractivity contribution < 1.29 is 19.4 Å². The molecule has 1 rings (SSSR count). The summed E-state index contributed by atoms with van der Waals surface area (Å²) in [5.74, 6) is -1.02. The third kappa shape index (κ3) is 4.65. The van der Waals surface area contributed by atoms with Gasteiger partial charge in [-0.25, -0.2) is 4.79 Å². The van der Waals surface area contributed by atoms with Crippen LogP contribution in [0.3, 0.4) is 0 Å². The maximum Gasteiger partial charge on any atom is 0.407 e. The molecule has 6 heteroatoms. The largest absolute Gasteiger partial charge is 0.481 e. The lowest BCUT2D eigenvalue weighted by molar-refractivity contribution is -0.137. The van der Waals surface area contributed by atoms with Crippen LogP contribution in [0.25, 0.3) is 0 Å². The van der Waals surface area contributed by atoms with Crippen molar-refractivity contribution in [3.63, 3.8) is 0 Å². The molecule has 0 spiro atoms. The number of pyridine rings is 1. The number of carbonyl (C=O) groups excluding carboxylic acids is 1. The number of aliphatic carboxylic acids is 1. The molecule has 0 saturated heterocycles. The summed E-state index contributed by atoms with van der Waals surface area (Å²) in [5.41, 5.74) is 0.607. The van der Waals surface area contributed by atoms with Gasteiger partial charge in [-0.05, 0) is 11.6 Å². The van der Waals surface area contributed by atoms with Gasteiger partial charge in [0, 0.05) is 12.4 Å². The summed E-state index contributed by atoms with van der Waals surface area (Å²) >= 11 is 0. The molecule has 1 amide bonds. The summed E-state index contributed by atoms with van der Waals surface area (Å²) in [6, 6.07) is 2.68. The number of carbonyl (C=O) groups is 2. The van der Waals surface area contributed by atoms with E-state index in [1.165, 1.54) is 12.3 Å². The molecular formula is C12H14N2O4. The van der Waals surface area contributed by atoms with E-state index in [1.807, 2.05) is 0 Å². The first-order valence-corrected chi connectivity index (χ1v) is 5.29. The van der Waals surface area contributed by atoms with E-state index in [9.17, 15) is 9.59 Å². The van der Waals surface area contributed by atoms with E-state index in [0.717, 1.165) is 0 Å². The Bertz CT molecular complexity index is 419. The van der Waals surface area contributed by atoms with Crippen molar-refractivity contribution in [2.24, 2.45) is 0 Å². The molecule has 0 aromatic carbocycles. The Morgan fingerprint density at radius 3 is 2.94 bits per heavy atom. The van der Waals surface area contributed by atoms with Crippen molar-refractivity contribution in [3.05, 3.63) is 42.7 Å². The van der Waals surface area contributed by atoms with Gasteiger partial charge in [-0.1, -0.05) is 18.7 Å². The highest BCUT2D eigenvalue weighted by Crippen LogP contribution is 2.15. The number of carboxylic acids is 1. The van der Waals surface area contributed by atoms with Crippen LogP contribution in [-0.2, 0) is 9.53 Å². The number of ether oxygens (including phenoxy) is 1. The fraction of sp³-hybridized carbons (Fsp3) is 0.250. The molecule has 0 bridgehead atoms.